The quantitative estimate of drug-likeness (QED) is 0.691. The number of aromatic amines is 1. The van der Waals surface area contributed by atoms with Gasteiger partial charge >= 0.3 is 5.97 Å². The first-order valence-electron chi connectivity index (χ1n) is 8.45. The van der Waals surface area contributed by atoms with Gasteiger partial charge in [-0.1, -0.05) is 29.9 Å². The Morgan fingerprint density at radius 1 is 1.48 bits per heavy atom. The van der Waals surface area contributed by atoms with Gasteiger partial charge in [-0.25, -0.2) is 19.2 Å². The summed E-state index contributed by atoms with van der Waals surface area (Å²) in [7, 11) is 0. The molecule has 11 heteroatoms. The van der Waals surface area contributed by atoms with Crippen molar-refractivity contribution in [3.8, 4) is 0 Å². The van der Waals surface area contributed by atoms with Gasteiger partial charge in [-0.3, -0.25) is 4.79 Å². The maximum atomic E-state index is 14.6. The number of hydrogen-bond donors (Lipinski definition) is 3. The lowest BCUT2D eigenvalue weighted by atomic mass is 10.0. The predicted octanol–water partition coefficient (Wildman–Crippen LogP) is 2.44. The molecule has 0 saturated carbocycles. The summed E-state index contributed by atoms with van der Waals surface area (Å²) in [6, 6.07) is -0.664. The van der Waals surface area contributed by atoms with Crippen LogP contribution in [0.5, 0.6) is 0 Å². The number of nitrogens with one attached hydrogen (secondary N) is 2. The monoisotopic (exact) mass is 415 g/mol. The van der Waals surface area contributed by atoms with E-state index in [0.29, 0.717) is 35.9 Å². The normalized spacial score (nSPS) is 19.9. The number of imidazole rings is 1. The number of H-pyrrole nitrogens is 1. The number of thiazole rings is 1. The first-order chi connectivity index (χ1) is 12.8. The zero-order valence-corrected chi connectivity index (χ0v) is 16.3. The fourth-order valence-electron chi connectivity index (χ4n) is 2.92. The second-order valence-electron chi connectivity index (χ2n) is 6.26. The van der Waals surface area contributed by atoms with Crippen LogP contribution in [0.3, 0.4) is 0 Å². The number of nitrogens with zero attached hydrogens (tertiary/aromatic N) is 3. The van der Waals surface area contributed by atoms with Crippen molar-refractivity contribution in [2.75, 3.05) is 18.0 Å². The number of rotatable bonds is 5. The second-order valence-corrected chi connectivity index (χ2v) is 7.59. The molecular weight excluding hydrogens is 397 g/mol. The van der Waals surface area contributed by atoms with Gasteiger partial charge in [0.2, 0.25) is 0 Å². The van der Waals surface area contributed by atoms with Gasteiger partial charge < -0.3 is 20.3 Å². The maximum absolute atomic E-state index is 14.6. The van der Waals surface area contributed by atoms with E-state index < -0.39 is 24.1 Å². The number of halogens is 2. The number of carbonyl (C=O) groups excluding carboxylic acids is 1. The summed E-state index contributed by atoms with van der Waals surface area (Å²) < 4.78 is 14.6. The summed E-state index contributed by atoms with van der Waals surface area (Å²) in [5.41, 5.74) is 1.07. The molecule has 0 bridgehead atoms. The molecule has 1 saturated heterocycles. The molecule has 1 fully saturated rings. The molecule has 2 aromatic rings. The Bertz CT molecular complexity index is 870. The molecule has 0 radical (unpaired) electrons. The van der Waals surface area contributed by atoms with Crippen LogP contribution in [0, 0.1) is 6.92 Å². The Hall–Kier alpha value is -2.20. The van der Waals surface area contributed by atoms with E-state index in [1.54, 1.807) is 11.8 Å². The number of carboxylic acid groups (broad SMARTS) is 1. The summed E-state index contributed by atoms with van der Waals surface area (Å²) >= 11 is 6.96. The predicted molar refractivity (Wildman–Crippen MR) is 99.8 cm³/mol. The minimum atomic E-state index is -1.32. The highest BCUT2D eigenvalue weighted by Gasteiger charge is 2.33. The number of amides is 1. The summed E-state index contributed by atoms with van der Waals surface area (Å²) in [6.07, 6.45) is -0.353. The standard InChI is InChI=1S/C16H19ClFN5O3S/c1-3-9-12(17)22-13(20-9)14(24)21-10-4-5-23(6-8(10)18)16-19-7(2)11(27-16)15(25)26/h8,10H,3-6H2,1-2H3,(H,20,22)(H,21,24)(H,25,26). The van der Waals surface area contributed by atoms with Crippen LogP contribution >= 0.6 is 22.9 Å². The van der Waals surface area contributed by atoms with Crippen LogP contribution in [0.25, 0.3) is 0 Å². The molecule has 0 aliphatic carbocycles. The molecule has 1 aliphatic heterocycles. The van der Waals surface area contributed by atoms with Crippen molar-refractivity contribution in [2.45, 2.75) is 38.9 Å². The van der Waals surface area contributed by atoms with Crippen molar-refractivity contribution in [2.24, 2.45) is 0 Å². The van der Waals surface area contributed by atoms with Gasteiger partial charge in [0.15, 0.2) is 16.1 Å². The molecule has 3 heterocycles. The second kappa shape index (κ2) is 7.81. The van der Waals surface area contributed by atoms with Gasteiger partial charge in [0.1, 0.15) is 11.0 Å². The van der Waals surface area contributed by atoms with Crippen LogP contribution in [0.2, 0.25) is 5.15 Å². The number of aromatic nitrogens is 3. The van der Waals surface area contributed by atoms with E-state index in [9.17, 15) is 14.0 Å². The Morgan fingerprint density at radius 2 is 2.22 bits per heavy atom. The molecule has 3 rings (SSSR count). The number of piperidine rings is 1. The zero-order valence-electron chi connectivity index (χ0n) is 14.8. The summed E-state index contributed by atoms with van der Waals surface area (Å²) in [4.78, 5) is 36.3. The van der Waals surface area contributed by atoms with Crippen molar-refractivity contribution < 1.29 is 19.1 Å². The maximum Gasteiger partial charge on any atom is 0.347 e. The summed E-state index contributed by atoms with van der Waals surface area (Å²) in [5.74, 6) is -1.48. The lowest BCUT2D eigenvalue weighted by Crippen LogP contribution is -2.52. The van der Waals surface area contributed by atoms with Crippen molar-refractivity contribution in [1.29, 1.82) is 0 Å². The summed E-state index contributed by atoms with van der Waals surface area (Å²) in [6.45, 7) is 3.97. The molecule has 146 valence electrons. The average Bonchev–Trinajstić information content (AvgIpc) is 3.19. The fraction of sp³-hybridized carbons (Fsp3) is 0.500. The molecule has 2 atom stereocenters. The smallest absolute Gasteiger partial charge is 0.347 e. The van der Waals surface area contributed by atoms with E-state index in [1.807, 2.05) is 6.92 Å². The number of aromatic carboxylic acids is 1. The molecule has 1 aliphatic rings. The highest BCUT2D eigenvalue weighted by atomic mass is 35.5. The highest BCUT2D eigenvalue weighted by molar-refractivity contribution is 7.17. The number of anilines is 1. The third kappa shape index (κ3) is 4.06. The van der Waals surface area contributed by atoms with Gasteiger partial charge in [-0.2, -0.15) is 0 Å². The molecule has 0 aromatic carbocycles. The lowest BCUT2D eigenvalue weighted by molar-refractivity contribution is 0.0700. The average molecular weight is 416 g/mol. The summed E-state index contributed by atoms with van der Waals surface area (Å²) in [5, 5.41) is 12.5. The molecule has 27 heavy (non-hydrogen) atoms. The Morgan fingerprint density at radius 3 is 2.78 bits per heavy atom. The van der Waals surface area contributed by atoms with Crippen molar-refractivity contribution >= 4 is 39.9 Å². The largest absolute Gasteiger partial charge is 0.477 e. The van der Waals surface area contributed by atoms with E-state index in [-0.39, 0.29) is 22.4 Å². The van der Waals surface area contributed by atoms with Crippen LogP contribution < -0.4 is 10.2 Å². The Balaban J connectivity index is 1.63. The van der Waals surface area contributed by atoms with Crippen LogP contribution in [0.4, 0.5) is 9.52 Å². The molecule has 3 N–H and O–H groups in total. The third-order valence-electron chi connectivity index (χ3n) is 4.40. The minimum Gasteiger partial charge on any atom is -0.477 e. The van der Waals surface area contributed by atoms with E-state index in [4.69, 9.17) is 16.7 Å². The van der Waals surface area contributed by atoms with Crippen LogP contribution in [0.15, 0.2) is 0 Å². The number of hydrogen-bond acceptors (Lipinski definition) is 6. The Kier molecular flexibility index (Phi) is 5.66. The van der Waals surface area contributed by atoms with Gasteiger partial charge in [0.05, 0.1) is 24.0 Å². The van der Waals surface area contributed by atoms with E-state index in [1.165, 1.54) is 0 Å². The molecule has 0 spiro atoms. The van der Waals surface area contributed by atoms with Gasteiger partial charge in [-0.05, 0) is 19.8 Å². The third-order valence-corrected chi connectivity index (χ3v) is 5.92. The zero-order chi connectivity index (χ0) is 19.7. The van der Waals surface area contributed by atoms with Crippen molar-refractivity contribution in [1.82, 2.24) is 20.3 Å². The molecular formula is C16H19ClFN5O3S. The molecule has 8 nitrogen and oxygen atoms in total. The highest BCUT2D eigenvalue weighted by Crippen LogP contribution is 2.29. The SMILES string of the molecule is CCc1[nH]c(C(=O)NC2CCN(c3nc(C)c(C(=O)O)s3)CC2F)nc1Cl. The fourth-order valence-corrected chi connectivity index (χ4v) is 4.13. The van der Waals surface area contributed by atoms with Crippen molar-refractivity contribution in [3.63, 3.8) is 0 Å². The molecule has 1 amide bonds. The molecule has 2 aromatic heterocycles. The first kappa shape index (κ1) is 19.6. The van der Waals surface area contributed by atoms with Crippen LogP contribution in [-0.2, 0) is 6.42 Å². The number of carbonyl (C=O) groups is 2. The number of aryl methyl sites for hydroxylation is 2. The topological polar surface area (TPSA) is 111 Å². The van der Waals surface area contributed by atoms with Gasteiger partial charge in [0.25, 0.3) is 5.91 Å². The van der Waals surface area contributed by atoms with E-state index >= 15 is 0 Å². The number of alkyl halides is 1. The van der Waals surface area contributed by atoms with E-state index in [2.05, 4.69) is 20.3 Å². The van der Waals surface area contributed by atoms with Crippen LogP contribution in [0.1, 0.15) is 45.0 Å². The molecule has 2 unspecified atom stereocenters. The van der Waals surface area contributed by atoms with E-state index in [0.717, 1.165) is 11.3 Å². The first-order valence-corrected chi connectivity index (χ1v) is 9.64. The lowest BCUT2D eigenvalue weighted by Gasteiger charge is -2.34. The van der Waals surface area contributed by atoms with Crippen molar-refractivity contribution in [3.05, 3.63) is 27.2 Å². The van der Waals surface area contributed by atoms with Gasteiger partial charge in [0, 0.05) is 6.54 Å². The Labute approximate surface area is 163 Å². The minimum absolute atomic E-state index is 0.0239. The number of carboxylic acids is 1. The van der Waals surface area contributed by atoms with Crippen LogP contribution in [-0.4, -0.2) is 57.2 Å². The van der Waals surface area contributed by atoms with Gasteiger partial charge in [-0.15, -0.1) is 0 Å².